The van der Waals surface area contributed by atoms with Crippen LogP contribution in [0.2, 0.25) is 0 Å². The second-order valence-corrected chi connectivity index (χ2v) is 6.91. The van der Waals surface area contributed by atoms with Crippen molar-refractivity contribution in [3.63, 3.8) is 0 Å². The number of fused-ring (bicyclic) bond motifs is 2. The Kier molecular flexibility index (Phi) is 5.20. The Morgan fingerprint density at radius 1 is 0.828 bits per heavy atom. The molecular formula is C24H20N2O3. The highest BCUT2D eigenvalue weighted by Gasteiger charge is 2.23. The number of nitrogens with zero attached hydrogens (tertiary/aromatic N) is 1. The smallest absolute Gasteiger partial charge is 0.326 e. The zero-order valence-electron chi connectivity index (χ0n) is 15.7. The van der Waals surface area contributed by atoms with Crippen molar-refractivity contribution < 1.29 is 14.7 Å². The molecule has 0 aliphatic rings. The molecule has 4 aromatic rings. The number of carbonyl (C=O) groups excluding carboxylic acids is 1. The molecule has 5 nitrogen and oxygen atoms in total. The van der Waals surface area contributed by atoms with E-state index in [9.17, 15) is 14.7 Å². The highest BCUT2D eigenvalue weighted by Crippen LogP contribution is 2.26. The number of carbonyl (C=O) groups is 2. The first-order chi connectivity index (χ1) is 14.1. The summed E-state index contributed by atoms with van der Waals surface area (Å²) in [5.74, 6) is -1.45. The molecule has 0 radical (unpaired) electrons. The van der Waals surface area contributed by atoms with E-state index in [-0.39, 0.29) is 0 Å². The number of aliphatic carboxylic acids is 1. The van der Waals surface area contributed by atoms with Gasteiger partial charge in [0.15, 0.2) is 0 Å². The largest absolute Gasteiger partial charge is 0.480 e. The van der Waals surface area contributed by atoms with Crippen LogP contribution in [0, 0.1) is 0 Å². The number of carboxylic acid groups (broad SMARTS) is 1. The molecule has 1 atom stereocenters. The van der Waals surface area contributed by atoms with Crippen LogP contribution in [0.4, 0.5) is 0 Å². The molecular weight excluding hydrogens is 364 g/mol. The third-order valence-electron chi connectivity index (χ3n) is 4.98. The normalized spacial score (nSPS) is 12.0. The summed E-state index contributed by atoms with van der Waals surface area (Å²) in [6.45, 7) is 0. The molecule has 144 valence electrons. The summed E-state index contributed by atoms with van der Waals surface area (Å²) in [5, 5.41) is 13.8. The number of amides is 1. The lowest BCUT2D eigenvalue weighted by molar-refractivity contribution is -0.139. The van der Waals surface area contributed by atoms with Crippen LogP contribution in [0.5, 0.6) is 0 Å². The molecule has 3 aromatic carbocycles. The molecule has 0 bridgehead atoms. The van der Waals surface area contributed by atoms with Gasteiger partial charge in [-0.05, 0) is 30.5 Å². The molecule has 1 aromatic heterocycles. The number of nitrogens with one attached hydrogen (secondary N) is 1. The van der Waals surface area contributed by atoms with Crippen molar-refractivity contribution in [2.45, 2.75) is 18.9 Å². The zero-order chi connectivity index (χ0) is 20.2. The maximum absolute atomic E-state index is 13.2. The molecule has 5 heteroatoms. The third-order valence-corrected chi connectivity index (χ3v) is 4.98. The topological polar surface area (TPSA) is 79.3 Å². The average Bonchev–Trinajstić information content (AvgIpc) is 2.75. The summed E-state index contributed by atoms with van der Waals surface area (Å²) >= 11 is 0. The summed E-state index contributed by atoms with van der Waals surface area (Å²) in [6.07, 6.45) is 0.877. The number of hydrogen-bond acceptors (Lipinski definition) is 3. The molecule has 0 saturated heterocycles. The number of pyridine rings is 1. The van der Waals surface area contributed by atoms with Gasteiger partial charge in [-0.25, -0.2) is 9.78 Å². The molecule has 1 heterocycles. The van der Waals surface area contributed by atoms with Crippen LogP contribution >= 0.6 is 0 Å². The van der Waals surface area contributed by atoms with E-state index < -0.39 is 17.9 Å². The molecule has 2 N–H and O–H groups in total. The van der Waals surface area contributed by atoms with Crippen LogP contribution < -0.4 is 5.32 Å². The predicted molar refractivity (Wildman–Crippen MR) is 113 cm³/mol. The molecule has 0 saturated carbocycles. The van der Waals surface area contributed by atoms with E-state index in [1.165, 1.54) is 0 Å². The second kappa shape index (κ2) is 8.10. The lowest BCUT2D eigenvalue weighted by Crippen LogP contribution is -2.41. The Bertz CT molecular complexity index is 1130. The van der Waals surface area contributed by atoms with Crippen molar-refractivity contribution in [3.05, 3.63) is 90.0 Å². The SMILES string of the molecule is O=C(N[C@@H](CCc1ccccc1)C(=O)O)c1c2ccccc2nc2ccccc12. The van der Waals surface area contributed by atoms with Gasteiger partial charge in [-0.15, -0.1) is 0 Å². The van der Waals surface area contributed by atoms with Gasteiger partial charge in [0.1, 0.15) is 6.04 Å². The van der Waals surface area contributed by atoms with Crippen LogP contribution in [0.25, 0.3) is 21.8 Å². The molecule has 0 aliphatic carbocycles. The average molecular weight is 384 g/mol. The van der Waals surface area contributed by atoms with Gasteiger partial charge in [0.2, 0.25) is 0 Å². The Morgan fingerprint density at radius 3 is 1.97 bits per heavy atom. The van der Waals surface area contributed by atoms with E-state index in [2.05, 4.69) is 10.3 Å². The van der Waals surface area contributed by atoms with E-state index >= 15 is 0 Å². The van der Waals surface area contributed by atoms with Gasteiger partial charge in [0.25, 0.3) is 5.91 Å². The van der Waals surface area contributed by atoms with Crippen molar-refractivity contribution in [1.29, 1.82) is 0 Å². The van der Waals surface area contributed by atoms with Crippen LogP contribution in [0.3, 0.4) is 0 Å². The third kappa shape index (κ3) is 3.94. The second-order valence-electron chi connectivity index (χ2n) is 6.91. The number of aryl methyl sites for hydroxylation is 1. The standard InChI is InChI=1S/C24H20N2O3/c27-23(26-21(24(28)29)15-14-16-8-2-1-3-9-16)22-17-10-4-6-12-19(17)25-20-13-7-5-11-18(20)22/h1-13,21H,14-15H2,(H,26,27)(H,28,29)/t21-/m0/s1. The van der Waals surface area contributed by atoms with Gasteiger partial charge in [-0.1, -0.05) is 66.7 Å². The first-order valence-electron chi connectivity index (χ1n) is 9.48. The number of benzene rings is 3. The number of para-hydroxylation sites is 2. The Morgan fingerprint density at radius 2 is 1.38 bits per heavy atom. The maximum atomic E-state index is 13.2. The van der Waals surface area contributed by atoms with Gasteiger partial charge in [0, 0.05) is 10.8 Å². The fourth-order valence-electron chi connectivity index (χ4n) is 3.53. The van der Waals surface area contributed by atoms with Crippen molar-refractivity contribution in [2.75, 3.05) is 0 Å². The van der Waals surface area contributed by atoms with Crippen LogP contribution in [-0.2, 0) is 11.2 Å². The number of rotatable bonds is 6. The first kappa shape index (κ1) is 18.6. The van der Waals surface area contributed by atoms with Crippen LogP contribution in [0.15, 0.2) is 78.9 Å². The highest BCUT2D eigenvalue weighted by molar-refractivity contribution is 6.16. The van der Waals surface area contributed by atoms with Gasteiger partial charge in [0.05, 0.1) is 16.6 Å². The highest BCUT2D eigenvalue weighted by atomic mass is 16.4. The van der Waals surface area contributed by atoms with Gasteiger partial charge in [-0.2, -0.15) is 0 Å². The fraction of sp³-hybridized carbons (Fsp3) is 0.125. The summed E-state index contributed by atoms with van der Waals surface area (Å²) in [7, 11) is 0. The Labute approximate surface area is 168 Å². The minimum Gasteiger partial charge on any atom is -0.480 e. The minimum atomic E-state index is -1.04. The number of carboxylic acids is 1. The Hall–Kier alpha value is -3.73. The summed E-state index contributed by atoms with van der Waals surface area (Å²) < 4.78 is 0. The Balaban J connectivity index is 1.67. The lowest BCUT2D eigenvalue weighted by atomic mass is 10.0. The van der Waals surface area contributed by atoms with E-state index in [1.54, 1.807) is 0 Å². The molecule has 0 unspecified atom stereocenters. The molecule has 1 amide bonds. The minimum absolute atomic E-state index is 0.312. The summed E-state index contributed by atoms with van der Waals surface area (Å²) in [4.78, 5) is 29.6. The van der Waals surface area contributed by atoms with Crippen LogP contribution in [0.1, 0.15) is 22.3 Å². The molecule has 0 spiro atoms. The lowest BCUT2D eigenvalue weighted by Gasteiger charge is -2.16. The molecule has 0 aliphatic heterocycles. The fourth-order valence-corrected chi connectivity index (χ4v) is 3.53. The zero-order valence-corrected chi connectivity index (χ0v) is 15.7. The van der Waals surface area contributed by atoms with Gasteiger partial charge < -0.3 is 10.4 Å². The van der Waals surface area contributed by atoms with Crippen molar-refractivity contribution in [3.8, 4) is 0 Å². The first-order valence-corrected chi connectivity index (χ1v) is 9.48. The van der Waals surface area contributed by atoms with E-state index in [4.69, 9.17) is 0 Å². The molecule has 29 heavy (non-hydrogen) atoms. The van der Waals surface area contributed by atoms with Crippen LogP contribution in [-0.4, -0.2) is 28.0 Å². The van der Waals surface area contributed by atoms with Crippen molar-refractivity contribution >= 4 is 33.7 Å². The van der Waals surface area contributed by atoms with Gasteiger partial charge in [-0.3, -0.25) is 4.79 Å². The monoisotopic (exact) mass is 384 g/mol. The maximum Gasteiger partial charge on any atom is 0.326 e. The summed E-state index contributed by atoms with van der Waals surface area (Å²) in [6, 6.07) is 23.5. The summed E-state index contributed by atoms with van der Waals surface area (Å²) in [5.41, 5.74) is 2.89. The molecule has 0 fully saturated rings. The van der Waals surface area contributed by atoms with E-state index in [0.29, 0.717) is 40.2 Å². The quantitative estimate of drug-likeness (QED) is 0.488. The molecule has 4 rings (SSSR count). The van der Waals surface area contributed by atoms with E-state index in [1.807, 2.05) is 78.9 Å². The van der Waals surface area contributed by atoms with Crippen molar-refractivity contribution in [2.24, 2.45) is 0 Å². The van der Waals surface area contributed by atoms with Gasteiger partial charge >= 0.3 is 5.97 Å². The number of aromatic nitrogens is 1. The predicted octanol–water partition coefficient (Wildman–Crippen LogP) is 4.20. The number of hydrogen-bond donors (Lipinski definition) is 2. The van der Waals surface area contributed by atoms with Crippen molar-refractivity contribution in [1.82, 2.24) is 10.3 Å². The van der Waals surface area contributed by atoms with E-state index in [0.717, 1.165) is 5.56 Å².